The average molecular weight is 318 g/mol. The van der Waals surface area contributed by atoms with Gasteiger partial charge in [-0.25, -0.2) is 4.79 Å². The van der Waals surface area contributed by atoms with Crippen LogP contribution >= 0.6 is 11.6 Å². The lowest BCUT2D eigenvalue weighted by atomic mass is 9.57. The lowest BCUT2D eigenvalue weighted by Crippen LogP contribution is -2.49. The normalized spacial score (nSPS) is 12.9. The number of carbonyl (C=O) groups excluding carboxylic acids is 1. The van der Waals surface area contributed by atoms with Crippen molar-refractivity contribution in [1.29, 1.82) is 0 Å². The molecule has 0 aliphatic carbocycles. The lowest BCUT2D eigenvalue weighted by molar-refractivity contribution is 0.0243. The number of halogens is 1. The van der Waals surface area contributed by atoms with Crippen molar-refractivity contribution in [2.45, 2.75) is 31.7 Å². The molecule has 0 bridgehead atoms. The number of benzene rings is 1. The second-order valence-corrected chi connectivity index (χ2v) is 6.19. The number of carbonyl (C=O) groups is 1. The summed E-state index contributed by atoms with van der Waals surface area (Å²) in [6.45, 7) is 5.25. The molecule has 0 saturated heterocycles. The summed E-state index contributed by atoms with van der Waals surface area (Å²) in [5, 5.41) is 9.88. The Kier molecular flexibility index (Phi) is 5.57. The van der Waals surface area contributed by atoms with Gasteiger partial charge >= 0.3 is 6.09 Å². The Balaban J connectivity index is 3.00. The van der Waals surface area contributed by atoms with Gasteiger partial charge < -0.3 is 14.8 Å². The molecule has 22 heavy (non-hydrogen) atoms. The van der Waals surface area contributed by atoms with Gasteiger partial charge in [0.1, 0.15) is 5.60 Å². The first-order chi connectivity index (χ1) is 9.99. The van der Waals surface area contributed by atoms with E-state index in [2.05, 4.69) is 5.16 Å². The fourth-order valence-electron chi connectivity index (χ4n) is 1.61. The number of amides is 1. The monoisotopic (exact) mass is 318 g/mol. The van der Waals surface area contributed by atoms with Crippen LogP contribution in [0.3, 0.4) is 0 Å². The highest BCUT2D eigenvalue weighted by Gasteiger charge is 2.31. The van der Waals surface area contributed by atoms with Crippen molar-refractivity contribution in [1.82, 2.24) is 4.90 Å². The molecular weight excluding hydrogens is 301 g/mol. The zero-order chi connectivity index (χ0) is 17.1. The van der Waals surface area contributed by atoms with E-state index in [1.165, 1.54) is 7.05 Å². The third-order valence-corrected chi connectivity index (χ3v) is 3.19. The second kappa shape index (κ2) is 6.65. The van der Waals surface area contributed by atoms with Crippen LogP contribution in [0.15, 0.2) is 29.4 Å². The Morgan fingerprint density at radius 3 is 2.18 bits per heavy atom. The maximum Gasteiger partial charge on any atom is 0.409 e. The van der Waals surface area contributed by atoms with Gasteiger partial charge in [0.15, 0.2) is 5.17 Å². The zero-order valence-electron chi connectivity index (χ0n) is 13.0. The fourth-order valence-corrected chi connectivity index (χ4v) is 1.73. The van der Waals surface area contributed by atoms with Gasteiger partial charge in [-0.05, 0) is 31.7 Å². The van der Waals surface area contributed by atoms with Crippen LogP contribution in [0.25, 0.3) is 0 Å². The first-order valence-electron chi connectivity index (χ1n) is 6.52. The molecule has 0 atom stereocenters. The predicted octanol–water partition coefficient (Wildman–Crippen LogP) is 2.38. The maximum absolute atomic E-state index is 12.1. The summed E-state index contributed by atoms with van der Waals surface area (Å²) in [5.41, 5.74) is 0.298. The van der Waals surface area contributed by atoms with Gasteiger partial charge in [0.05, 0.1) is 15.7 Å². The Bertz CT molecular complexity index is 568. The molecule has 1 N–H and O–H groups in total. The van der Waals surface area contributed by atoms with E-state index in [-0.39, 0.29) is 5.17 Å². The molecule has 5 nitrogen and oxygen atoms in total. The molecule has 0 aliphatic rings. The standard InChI is InChI=1S/C14H17B2ClN2O3/c1-13(2,3)22-12(20)19(4)14(15,16)10-7-5-9(6-8-10)11(17)18-21/h5-8,21H,1-4H3/b18-11-. The number of nitrogens with zero attached hydrogens (tertiary/aromatic N) is 2. The van der Waals surface area contributed by atoms with Crippen molar-refractivity contribution in [2.75, 3.05) is 7.05 Å². The molecule has 4 radical (unpaired) electrons. The smallest absolute Gasteiger partial charge is 0.409 e. The van der Waals surface area contributed by atoms with E-state index in [4.69, 9.17) is 37.2 Å². The van der Waals surface area contributed by atoms with Gasteiger partial charge in [0.2, 0.25) is 0 Å². The Hall–Kier alpha value is -1.62. The molecule has 0 aliphatic heterocycles. The summed E-state index contributed by atoms with van der Waals surface area (Å²) in [6.07, 6.45) is -0.642. The number of hydrogen-bond acceptors (Lipinski definition) is 4. The summed E-state index contributed by atoms with van der Waals surface area (Å²) >= 11 is 5.70. The van der Waals surface area contributed by atoms with Crippen LogP contribution < -0.4 is 0 Å². The van der Waals surface area contributed by atoms with Crippen LogP contribution in [0.4, 0.5) is 4.79 Å². The summed E-state index contributed by atoms with van der Waals surface area (Å²) in [4.78, 5) is 13.2. The Morgan fingerprint density at radius 2 is 1.77 bits per heavy atom. The van der Waals surface area contributed by atoms with Crippen molar-refractivity contribution < 1.29 is 14.7 Å². The highest BCUT2D eigenvalue weighted by Crippen LogP contribution is 2.23. The first kappa shape index (κ1) is 18.4. The first-order valence-corrected chi connectivity index (χ1v) is 6.90. The summed E-state index contributed by atoms with van der Waals surface area (Å²) in [5.74, 6) is 0. The van der Waals surface area contributed by atoms with Crippen molar-refractivity contribution in [3.63, 3.8) is 0 Å². The van der Waals surface area contributed by atoms with Gasteiger partial charge in [0, 0.05) is 12.6 Å². The third-order valence-electron chi connectivity index (χ3n) is 2.90. The summed E-state index contributed by atoms with van der Waals surface area (Å²) < 4.78 is 5.24. The van der Waals surface area contributed by atoms with Crippen LogP contribution in [0.1, 0.15) is 31.9 Å². The highest BCUT2D eigenvalue weighted by molar-refractivity contribution is 6.69. The van der Waals surface area contributed by atoms with Gasteiger partial charge in [-0.3, -0.25) is 0 Å². The molecule has 1 aromatic carbocycles. The molecule has 1 aromatic rings. The minimum Gasteiger partial charge on any atom is -0.444 e. The van der Waals surface area contributed by atoms with E-state index in [1.807, 2.05) is 0 Å². The SMILES string of the molecule is [B]C([B])(c1ccc(/C(Cl)=N/O)cc1)N(C)C(=O)OC(C)(C)C. The van der Waals surface area contributed by atoms with E-state index in [1.54, 1.807) is 45.0 Å². The molecule has 0 heterocycles. The van der Waals surface area contributed by atoms with Crippen LogP contribution in [0.2, 0.25) is 0 Å². The lowest BCUT2D eigenvalue weighted by Gasteiger charge is -2.38. The number of oxime groups is 1. The van der Waals surface area contributed by atoms with Gasteiger partial charge in [0.25, 0.3) is 0 Å². The second-order valence-electron chi connectivity index (χ2n) is 5.83. The number of rotatable bonds is 3. The third kappa shape index (κ3) is 4.44. The molecule has 8 heteroatoms. The molecular formula is C14H17B2ClN2O3. The molecule has 0 unspecified atom stereocenters. The van der Waals surface area contributed by atoms with Crippen molar-refractivity contribution in [3.8, 4) is 0 Å². The minimum atomic E-state index is -1.57. The maximum atomic E-state index is 12.1. The van der Waals surface area contributed by atoms with E-state index in [0.717, 1.165) is 4.90 Å². The van der Waals surface area contributed by atoms with Crippen LogP contribution in [0.5, 0.6) is 0 Å². The largest absolute Gasteiger partial charge is 0.444 e. The summed E-state index contributed by atoms with van der Waals surface area (Å²) in [6, 6.07) is 6.33. The van der Waals surface area contributed by atoms with Crippen molar-refractivity contribution in [3.05, 3.63) is 35.4 Å². The van der Waals surface area contributed by atoms with E-state index in [9.17, 15) is 4.79 Å². The summed E-state index contributed by atoms with van der Waals surface area (Å²) in [7, 11) is 13.5. The number of hydrogen-bond donors (Lipinski definition) is 1. The van der Waals surface area contributed by atoms with Crippen molar-refractivity contribution in [2.24, 2.45) is 5.16 Å². The number of ether oxygens (including phenoxy) is 1. The van der Waals surface area contributed by atoms with Gasteiger partial charge in [-0.1, -0.05) is 41.0 Å². The topological polar surface area (TPSA) is 62.1 Å². The molecule has 0 saturated carbocycles. The fraction of sp³-hybridized carbons (Fsp3) is 0.429. The molecule has 1 amide bonds. The molecule has 0 spiro atoms. The highest BCUT2D eigenvalue weighted by atomic mass is 35.5. The molecule has 0 fully saturated rings. The van der Waals surface area contributed by atoms with Crippen LogP contribution in [0, 0.1) is 0 Å². The molecule has 1 rings (SSSR count). The van der Waals surface area contributed by atoms with Gasteiger partial charge in [-0.2, -0.15) is 0 Å². The zero-order valence-corrected chi connectivity index (χ0v) is 13.8. The van der Waals surface area contributed by atoms with Gasteiger partial charge in [-0.15, -0.1) is 0 Å². The quantitative estimate of drug-likeness (QED) is 0.403. The molecule has 114 valence electrons. The van der Waals surface area contributed by atoms with Crippen LogP contribution in [-0.4, -0.2) is 49.7 Å². The van der Waals surface area contributed by atoms with Crippen LogP contribution in [-0.2, 0) is 10.1 Å². The molecule has 0 aromatic heterocycles. The van der Waals surface area contributed by atoms with E-state index >= 15 is 0 Å². The Labute approximate surface area is 138 Å². The van der Waals surface area contributed by atoms with E-state index < -0.39 is 17.0 Å². The average Bonchev–Trinajstić information content (AvgIpc) is 2.43. The van der Waals surface area contributed by atoms with Crippen molar-refractivity contribution >= 4 is 38.6 Å². The Morgan fingerprint density at radius 1 is 1.27 bits per heavy atom. The predicted molar refractivity (Wildman–Crippen MR) is 87.8 cm³/mol. The van der Waals surface area contributed by atoms with E-state index in [0.29, 0.717) is 11.1 Å². The minimum absolute atomic E-state index is 0.0633.